The summed E-state index contributed by atoms with van der Waals surface area (Å²) in [4.78, 5) is 0. The number of methoxy groups -OCH3 is 2. The zero-order valence-electron chi connectivity index (χ0n) is 11.5. The molecule has 3 nitrogen and oxygen atoms in total. The van der Waals surface area contributed by atoms with Gasteiger partial charge in [-0.25, -0.2) is 0 Å². The molecule has 0 spiro atoms. The molecule has 1 N–H and O–H groups in total. The number of benzene rings is 2. The number of hydrogen-bond donors (Lipinski definition) is 1. The highest BCUT2D eigenvalue weighted by Gasteiger charge is 2.12. The molecule has 0 saturated carbocycles. The topological polar surface area (TPSA) is 30.5 Å². The summed E-state index contributed by atoms with van der Waals surface area (Å²) in [5.74, 6) is 1.71. The summed E-state index contributed by atoms with van der Waals surface area (Å²) in [6.45, 7) is 0. The van der Waals surface area contributed by atoms with Gasteiger partial charge in [-0.15, -0.1) is 0 Å². The summed E-state index contributed by atoms with van der Waals surface area (Å²) in [7, 11) is 3.35. The average Bonchev–Trinajstić information content (AvgIpc) is 2.54. The second-order valence-electron chi connectivity index (χ2n) is 4.55. The predicted molar refractivity (Wildman–Crippen MR) is 81.0 cm³/mol. The molecule has 0 fully saturated rings. The van der Waals surface area contributed by atoms with Crippen LogP contribution in [0.15, 0.2) is 48.5 Å². The molecule has 0 aromatic heterocycles. The van der Waals surface area contributed by atoms with E-state index in [1.807, 2.05) is 42.5 Å². The molecule has 2 aromatic rings. The molecule has 0 unspecified atom stereocenters. The van der Waals surface area contributed by atoms with Crippen LogP contribution in [0, 0.1) is 6.42 Å². The third-order valence-electron chi connectivity index (χ3n) is 3.36. The molecule has 0 amide bonds. The Kier molecular flexibility index (Phi) is 3.33. The highest BCUT2D eigenvalue weighted by atomic mass is 16.5. The molecule has 0 saturated heterocycles. The van der Waals surface area contributed by atoms with Crippen molar-refractivity contribution in [3.63, 3.8) is 0 Å². The van der Waals surface area contributed by atoms with Gasteiger partial charge in [-0.3, -0.25) is 0 Å². The van der Waals surface area contributed by atoms with E-state index < -0.39 is 0 Å². The Morgan fingerprint density at radius 2 is 1.55 bits per heavy atom. The van der Waals surface area contributed by atoms with Gasteiger partial charge in [0.05, 0.1) is 14.2 Å². The fourth-order valence-corrected chi connectivity index (χ4v) is 2.21. The van der Waals surface area contributed by atoms with Gasteiger partial charge >= 0.3 is 0 Å². The van der Waals surface area contributed by atoms with Crippen LogP contribution < -0.4 is 14.8 Å². The number of hydrogen-bond acceptors (Lipinski definition) is 3. The molecule has 1 radical (unpaired) electrons. The highest BCUT2D eigenvalue weighted by molar-refractivity contribution is 5.84. The maximum atomic E-state index is 5.26. The third kappa shape index (κ3) is 2.35. The summed E-state index contributed by atoms with van der Waals surface area (Å²) in [5.41, 5.74) is 4.39. The van der Waals surface area contributed by atoms with E-state index in [9.17, 15) is 0 Å². The molecule has 101 valence electrons. The van der Waals surface area contributed by atoms with Crippen LogP contribution in [-0.2, 0) is 0 Å². The molecular weight excluding hydrogens is 250 g/mol. The van der Waals surface area contributed by atoms with Gasteiger partial charge in [-0.1, -0.05) is 12.1 Å². The number of rotatable bonds is 3. The molecule has 1 heterocycles. The van der Waals surface area contributed by atoms with E-state index in [0.717, 1.165) is 34.0 Å². The highest BCUT2D eigenvalue weighted by Crippen LogP contribution is 2.32. The van der Waals surface area contributed by atoms with Gasteiger partial charge in [-0.2, -0.15) is 0 Å². The molecule has 1 aliphatic rings. The first kappa shape index (κ1) is 12.6. The van der Waals surface area contributed by atoms with Crippen LogP contribution in [0.25, 0.3) is 5.70 Å². The standard InChI is InChI=1S/C17H16NO2/c1-19-14-7-3-12(4-8-14)16-10-6-13-5-9-15(20-2)11-17(13)18-16/h3-11,18H,1-2H3. The van der Waals surface area contributed by atoms with Crippen molar-refractivity contribution in [2.75, 3.05) is 19.5 Å². The molecule has 0 atom stereocenters. The van der Waals surface area contributed by atoms with E-state index >= 15 is 0 Å². The lowest BCUT2D eigenvalue weighted by molar-refractivity contribution is 0.415. The van der Waals surface area contributed by atoms with Crippen molar-refractivity contribution in [2.45, 2.75) is 0 Å². The van der Waals surface area contributed by atoms with Crippen molar-refractivity contribution in [3.05, 3.63) is 66.1 Å². The minimum Gasteiger partial charge on any atom is -0.497 e. The lowest BCUT2D eigenvalue weighted by Gasteiger charge is -2.20. The molecule has 1 aliphatic heterocycles. The second-order valence-corrected chi connectivity index (χ2v) is 4.55. The van der Waals surface area contributed by atoms with E-state index in [4.69, 9.17) is 9.47 Å². The van der Waals surface area contributed by atoms with Crippen LogP contribution in [0.5, 0.6) is 11.5 Å². The quantitative estimate of drug-likeness (QED) is 0.918. The molecule has 0 aliphatic carbocycles. The van der Waals surface area contributed by atoms with E-state index in [1.165, 1.54) is 0 Å². The number of fused-ring (bicyclic) bond motifs is 1. The number of nitrogens with one attached hydrogen (secondary N) is 1. The van der Waals surface area contributed by atoms with Gasteiger partial charge in [-0.05, 0) is 41.5 Å². The summed E-state index contributed by atoms with van der Waals surface area (Å²) in [6, 6.07) is 14.0. The first-order valence-corrected chi connectivity index (χ1v) is 6.44. The third-order valence-corrected chi connectivity index (χ3v) is 3.36. The molecule has 3 heteroatoms. The van der Waals surface area contributed by atoms with E-state index in [2.05, 4.69) is 17.8 Å². The van der Waals surface area contributed by atoms with Gasteiger partial charge in [0.15, 0.2) is 0 Å². The minimum atomic E-state index is 0.848. The van der Waals surface area contributed by atoms with Gasteiger partial charge in [0.2, 0.25) is 0 Å². The van der Waals surface area contributed by atoms with Crippen LogP contribution in [0.3, 0.4) is 0 Å². The largest absolute Gasteiger partial charge is 0.497 e. The first-order chi connectivity index (χ1) is 9.80. The number of anilines is 1. The Morgan fingerprint density at radius 1 is 0.850 bits per heavy atom. The Balaban J connectivity index is 1.87. The molecular formula is C17H16NO2. The SMILES string of the molecule is COc1ccc(C2=C[CH]c3ccc(OC)cc3N2)cc1. The fourth-order valence-electron chi connectivity index (χ4n) is 2.21. The minimum absolute atomic E-state index is 0.848. The zero-order valence-corrected chi connectivity index (χ0v) is 11.5. The number of ether oxygens (including phenoxy) is 2. The van der Waals surface area contributed by atoms with Crippen molar-refractivity contribution < 1.29 is 9.47 Å². The maximum Gasteiger partial charge on any atom is 0.120 e. The second kappa shape index (κ2) is 5.29. The van der Waals surface area contributed by atoms with Crippen molar-refractivity contribution in [1.29, 1.82) is 0 Å². The molecule has 0 bridgehead atoms. The van der Waals surface area contributed by atoms with E-state index in [1.54, 1.807) is 14.2 Å². The van der Waals surface area contributed by atoms with Crippen LogP contribution in [0.4, 0.5) is 5.69 Å². The van der Waals surface area contributed by atoms with Gasteiger partial charge < -0.3 is 14.8 Å². The average molecular weight is 266 g/mol. The Labute approximate surface area is 118 Å². The normalized spacial score (nSPS) is 13.0. The smallest absolute Gasteiger partial charge is 0.120 e. The maximum absolute atomic E-state index is 5.26. The summed E-state index contributed by atoms with van der Waals surface area (Å²) >= 11 is 0. The van der Waals surface area contributed by atoms with Crippen LogP contribution in [0.1, 0.15) is 11.1 Å². The lowest BCUT2D eigenvalue weighted by atomic mass is 10.0. The van der Waals surface area contributed by atoms with E-state index in [0.29, 0.717) is 0 Å². The summed E-state index contributed by atoms with van der Waals surface area (Å²) in [5, 5.41) is 3.43. The van der Waals surface area contributed by atoms with E-state index in [-0.39, 0.29) is 0 Å². The van der Waals surface area contributed by atoms with Crippen LogP contribution in [-0.4, -0.2) is 14.2 Å². The van der Waals surface area contributed by atoms with Gasteiger partial charge in [0, 0.05) is 23.9 Å². The van der Waals surface area contributed by atoms with Crippen molar-refractivity contribution >= 4 is 11.4 Å². The first-order valence-electron chi connectivity index (χ1n) is 6.44. The van der Waals surface area contributed by atoms with Crippen molar-refractivity contribution in [1.82, 2.24) is 0 Å². The Morgan fingerprint density at radius 3 is 2.25 bits per heavy atom. The van der Waals surface area contributed by atoms with Crippen LogP contribution in [0.2, 0.25) is 0 Å². The number of allylic oxidation sites excluding steroid dienone is 1. The predicted octanol–water partition coefficient (Wildman–Crippen LogP) is 3.72. The van der Waals surface area contributed by atoms with Crippen LogP contribution >= 0.6 is 0 Å². The Hall–Kier alpha value is -2.42. The lowest BCUT2D eigenvalue weighted by Crippen LogP contribution is -2.06. The zero-order chi connectivity index (χ0) is 13.9. The van der Waals surface area contributed by atoms with Gasteiger partial charge in [0.1, 0.15) is 11.5 Å². The molecule has 20 heavy (non-hydrogen) atoms. The fraction of sp³-hybridized carbons (Fsp3) is 0.118. The molecule has 3 rings (SSSR count). The molecule has 2 aromatic carbocycles. The summed E-state index contributed by atoms with van der Waals surface area (Å²) < 4.78 is 10.4. The van der Waals surface area contributed by atoms with Crippen molar-refractivity contribution in [2.24, 2.45) is 0 Å². The monoisotopic (exact) mass is 266 g/mol. The Bertz CT molecular complexity index is 645. The summed E-state index contributed by atoms with van der Waals surface area (Å²) in [6.07, 6.45) is 4.18. The van der Waals surface area contributed by atoms with Crippen molar-refractivity contribution in [3.8, 4) is 11.5 Å². The van der Waals surface area contributed by atoms with Gasteiger partial charge in [0.25, 0.3) is 0 Å².